The van der Waals surface area contributed by atoms with Gasteiger partial charge in [-0.3, -0.25) is 0 Å². The molecule has 1 aromatic carbocycles. The molecule has 0 unspecified atom stereocenters. The molecule has 0 heterocycles. The van der Waals surface area contributed by atoms with Crippen molar-refractivity contribution in [1.82, 2.24) is 10.2 Å². The molecule has 0 saturated carbocycles. The van der Waals surface area contributed by atoms with Crippen LogP contribution >= 0.6 is 23.2 Å². The van der Waals surface area contributed by atoms with Gasteiger partial charge in [0.25, 0.3) is 0 Å². The van der Waals surface area contributed by atoms with Crippen molar-refractivity contribution in [1.29, 1.82) is 0 Å². The van der Waals surface area contributed by atoms with Gasteiger partial charge in [-0.2, -0.15) is 0 Å². The SMILES string of the molecule is CCCNCCN(C)Cc1c(Cl)cccc1Cl. The van der Waals surface area contributed by atoms with Gasteiger partial charge in [0, 0.05) is 35.2 Å². The van der Waals surface area contributed by atoms with E-state index in [-0.39, 0.29) is 0 Å². The van der Waals surface area contributed by atoms with Crippen molar-refractivity contribution in [2.45, 2.75) is 19.9 Å². The Morgan fingerprint density at radius 1 is 1.18 bits per heavy atom. The summed E-state index contributed by atoms with van der Waals surface area (Å²) in [6.45, 7) is 6.00. The predicted octanol–water partition coefficient (Wildman–Crippen LogP) is 3.42. The Morgan fingerprint density at radius 2 is 1.82 bits per heavy atom. The number of nitrogens with one attached hydrogen (secondary N) is 1. The van der Waals surface area contributed by atoms with E-state index in [1.807, 2.05) is 18.2 Å². The molecule has 0 aromatic heterocycles. The molecule has 17 heavy (non-hydrogen) atoms. The van der Waals surface area contributed by atoms with Crippen molar-refractivity contribution in [2.75, 3.05) is 26.7 Å². The predicted molar refractivity (Wildman–Crippen MR) is 76.0 cm³/mol. The van der Waals surface area contributed by atoms with Crippen molar-refractivity contribution < 1.29 is 0 Å². The minimum absolute atomic E-state index is 0.742. The third kappa shape index (κ3) is 5.26. The summed E-state index contributed by atoms with van der Waals surface area (Å²) in [6.07, 6.45) is 1.17. The van der Waals surface area contributed by atoms with Gasteiger partial charge in [0.2, 0.25) is 0 Å². The first kappa shape index (κ1) is 14.8. The normalized spacial score (nSPS) is 11.1. The molecule has 1 N–H and O–H groups in total. The highest BCUT2D eigenvalue weighted by atomic mass is 35.5. The molecule has 0 saturated heterocycles. The molecule has 0 aliphatic heterocycles. The molecule has 0 spiro atoms. The van der Waals surface area contributed by atoms with Gasteiger partial charge in [-0.1, -0.05) is 36.2 Å². The van der Waals surface area contributed by atoms with Gasteiger partial charge < -0.3 is 10.2 Å². The van der Waals surface area contributed by atoms with E-state index in [0.717, 1.165) is 41.8 Å². The molecule has 96 valence electrons. The Labute approximate surface area is 114 Å². The highest BCUT2D eigenvalue weighted by Gasteiger charge is 2.07. The van der Waals surface area contributed by atoms with E-state index < -0.39 is 0 Å². The first-order valence-corrected chi connectivity index (χ1v) is 6.73. The van der Waals surface area contributed by atoms with Crippen LogP contribution in [-0.4, -0.2) is 31.6 Å². The lowest BCUT2D eigenvalue weighted by atomic mass is 10.2. The quantitative estimate of drug-likeness (QED) is 0.767. The van der Waals surface area contributed by atoms with Crippen LogP contribution in [0.15, 0.2) is 18.2 Å². The fraction of sp³-hybridized carbons (Fsp3) is 0.538. The smallest absolute Gasteiger partial charge is 0.0465 e. The Morgan fingerprint density at radius 3 is 2.41 bits per heavy atom. The first-order chi connectivity index (χ1) is 8.15. The lowest BCUT2D eigenvalue weighted by Crippen LogP contribution is -2.29. The lowest BCUT2D eigenvalue weighted by Gasteiger charge is -2.18. The largest absolute Gasteiger partial charge is 0.315 e. The minimum atomic E-state index is 0.742. The van der Waals surface area contributed by atoms with Gasteiger partial charge in [0.1, 0.15) is 0 Å². The molecular weight excluding hydrogens is 255 g/mol. The average molecular weight is 275 g/mol. The van der Waals surface area contributed by atoms with E-state index in [0.29, 0.717) is 0 Å². The van der Waals surface area contributed by atoms with Crippen LogP contribution in [0.1, 0.15) is 18.9 Å². The van der Waals surface area contributed by atoms with E-state index in [4.69, 9.17) is 23.2 Å². The van der Waals surface area contributed by atoms with Crippen molar-refractivity contribution in [2.24, 2.45) is 0 Å². The van der Waals surface area contributed by atoms with Crippen molar-refractivity contribution in [3.05, 3.63) is 33.8 Å². The third-order valence-electron chi connectivity index (χ3n) is 2.59. The molecule has 0 fully saturated rings. The van der Waals surface area contributed by atoms with Crippen LogP contribution in [-0.2, 0) is 6.54 Å². The third-order valence-corrected chi connectivity index (χ3v) is 3.30. The summed E-state index contributed by atoms with van der Waals surface area (Å²) in [6, 6.07) is 5.63. The van der Waals surface area contributed by atoms with E-state index in [2.05, 4.69) is 24.2 Å². The Kier molecular flexibility index (Phi) is 6.90. The van der Waals surface area contributed by atoms with Gasteiger partial charge in [0.15, 0.2) is 0 Å². The van der Waals surface area contributed by atoms with Crippen molar-refractivity contribution in [3.8, 4) is 0 Å². The fourth-order valence-corrected chi connectivity index (χ4v) is 2.12. The zero-order valence-corrected chi connectivity index (χ0v) is 12.0. The Hall–Kier alpha value is -0.280. The zero-order chi connectivity index (χ0) is 12.7. The van der Waals surface area contributed by atoms with Crippen LogP contribution in [0.3, 0.4) is 0 Å². The molecule has 0 aliphatic rings. The maximum atomic E-state index is 6.13. The molecule has 0 aliphatic carbocycles. The maximum absolute atomic E-state index is 6.13. The van der Waals surface area contributed by atoms with Crippen LogP contribution < -0.4 is 5.32 Å². The highest BCUT2D eigenvalue weighted by Crippen LogP contribution is 2.25. The molecule has 4 heteroatoms. The van der Waals surface area contributed by atoms with Gasteiger partial charge in [-0.25, -0.2) is 0 Å². The summed E-state index contributed by atoms with van der Waals surface area (Å²) in [5.41, 5.74) is 1.01. The summed E-state index contributed by atoms with van der Waals surface area (Å²) in [4.78, 5) is 2.22. The molecule has 2 nitrogen and oxygen atoms in total. The number of likely N-dealkylation sites (N-methyl/N-ethyl adjacent to an activating group) is 1. The molecule has 0 bridgehead atoms. The number of rotatable bonds is 7. The van der Waals surface area contributed by atoms with Crippen LogP contribution in [0.2, 0.25) is 10.0 Å². The van der Waals surface area contributed by atoms with Gasteiger partial charge in [-0.15, -0.1) is 0 Å². The van der Waals surface area contributed by atoms with Gasteiger partial charge in [-0.05, 0) is 32.1 Å². The van der Waals surface area contributed by atoms with E-state index >= 15 is 0 Å². The standard InChI is InChI=1S/C13H20Cl2N2/c1-3-7-16-8-9-17(2)10-11-12(14)5-4-6-13(11)15/h4-6,16H,3,7-10H2,1-2H3. The van der Waals surface area contributed by atoms with E-state index in [9.17, 15) is 0 Å². The molecule has 1 rings (SSSR count). The molecule has 0 radical (unpaired) electrons. The summed E-state index contributed by atoms with van der Waals surface area (Å²) in [5, 5.41) is 4.86. The molecule has 0 atom stereocenters. The zero-order valence-electron chi connectivity index (χ0n) is 10.5. The summed E-state index contributed by atoms with van der Waals surface area (Å²) >= 11 is 12.3. The summed E-state index contributed by atoms with van der Waals surface area (Å²) < 4.78 is 0. The monoisotopic (exact) mass is 274 g/mol. The van der Waals surface area contributed by atoms with Gasteiger partial charge in [0.05, 0.1) is 0 Å². The number of hydrogen-bond acceptors (Lipinski definition) is 2. The fourth-order valence-electron chi connectivity index (χ4n) is 1.60. The highest BCUT2D eigenvalue weighted by molar-refractivity contribution is 6.35. The van der Waals surface area contributed by atoms with Crippen LogP contribution in [0.25, 0.3) is 0 Å². The molecule has 1 aromatic rings. The van der Waals surface area contributed by atoms with Gasteiger partial charge >= 0.3 is 0 Å². The summed E-state index contributed by atoms with van der Waals surface area (Å²) in [5.74, 6) is 0. The van der Waals surface area contributed by atoms with Crippen LogP contribution in [0, 0.1) is 0 Å². The second kappa shape index (κ2) is 7.93. The van der Waals surface area contributed by atoms with Crippen molar-refractivity contribution in [3.63, 3.8) is 0 Å². The lowest BCUT2D eigenvalue weighted by molar-refractivity contribution is 0.325. The molecule has 0 amide bonds. The topological polar surface area (TPSA) is 15.3 Å². The second-order valence-electron chi connectivity index (χ2n) is 4.19. The first-order valence-electron chi connectivity index (χ1n) is 5.97. The average Bonchev–Trinajstić information content (AvgIpc) is 2.30. The number of halogens is 2. The summed E-state index contributed by atoms with van der Waals surface area (Å²) in [7, 11) is 2.08. The van der Waals surface area contributed by atoms with E-state index in [1.165, 1.54) is 6.42 Å². The minimum Gasteiger partial charge on any atom is -0.315 e. The van der Waals surface area contributed by atoms with E-state index in [1.54, 1.807) is 0 Å². The Balaban J connectivity index is 2.42. The number of hydrogen-bond donors (Lipinski definition) is 1. The molecular formula is C13H20Cl2N2. The maximum Gasteiger partial charge on any atom is 0.0465 e. The van der Waals surface area contributed by atoms with Crippen LogP contribution in [0.5, 0.6) is 0 Å². The number of nitrogens with zero attached hydrogens (tertiary/aromatic N) is 1. The number of benzene rings is 1. The second-order valence-corrected chi connectivity index (χ2v) is 5.00. The Bertz CT molecular complexity index is 322. The van der Waals surface area contributed by atoms with Crippen molar-refractivity contribution >= 4 is 23.2 Å². The van der Waals surface area contributed by atoms with Crippen LogP contribution in [0.4, 0.5) is 0 Å².